The van der Waals surface area contributed by atoms with Crippen LogP contribution in [-0.2, 0) is 0 Å². The second-order valence-electron chi connectivity index (χ2n) is 4.29. The second-order valence-corrected chi connectivity index (χ2v) is 4.29. The first-order valence-electron chi connectivity index (χ1n) is 3.93. The van der Waals surface area contributed by atoms with E-state index >= 15 is 0 Å². The quantitative estimate of drug-likeness (QED) is 0.584. The van der Waals surface area contributed by atoms with Crippen molar-refractivity contribution in [2.24, 2.45) is 5.41 Å². The molecule has 60 valence electrons. The van der Waals surface area contributed by atoms with Crippen LogP contribution in [0.2, 0.25) is 0 Å². The molecule has 10 heavy (non-hydrogen) atoms. The third-order valence-corrected chi connectivity index (χ3v) is 2.04. The monoisotopic (exact) mass is 142 g/mol. The maximum Gasteiger partial charge on any atom is 0.0225 e. The van der Waals surface area contributed by atoms with Gasteiger partial charge in [-0.15, -0.1) is 0 Å². The zero-order chi connectivity index (χ0) is 7.78. The van der Waals surface area contributed by atoms with E-state index in [1.807, 2.05) is 19.1 Å². The summed E-state index contributed by atoms with van der Waals surface area (Å²) in [7, 11) is 4.09. The molecule has 0 bridgehead atoms. The van der Waals surface area contributed by atoms with Gasteiger partial charge in [-0.25, -0.2) is 0 Å². The standard InChI is InChI=1S/C8H18N2/c1-8(2)5-7(6-8)9-10(3)4/h7,9H,5-6H2,1-4H3. The van der Waals surface area contributed by atoms with Gasteiger partial charge >= 0.3 is 0 Å². The molecule has 0 spiro atoms. The summed E-state index contributed by atoms with van der Waals surface area (Å²) < 4.78 is 0. The summed E-state index contributed by atoms with van der Waals surface area (Å²) in [6.07, 6.45) is 2.62. The fraction of sp³-hybridized carbons (Fsp3) is 1.00. The van der Waals surface area contributed by atoms with Gasteiger partial charge < -0.3 is 0 Å². The van der Waals surface area contributed by atoms with Gasteiger partial charge in [0, 0.05) is 20.1 Å². The van der Waals surface area contributed by atoms with E-state index in [-0.39, 0.29) is 0 Å². The lowest BCUT2D eigenvalue weighted by molar-refractivity contribution is 0.0734. The van der Waals surface area contributed by atoms with Crippen LogP contribution in [0.15, 0.2) is 0 Å². The van der Waals surface area contributed by atoms with E-state index in [1.165, 1.54) is 12.8 Å². The van der Waals surface area contributed by atoms with E-state index in [1.54, 1.807) is 0 Å². The summed E-state index contributed by atoms with van der Waals surface area (Å²) >= 11 is 0. The van der Waals surface area contributed by atoms with Gasteiger partial charge in [0.1, 0.15) is 0 Å². The third kappa shape index (κ3) is 1.96. The molecule has 1 saturated carbocycles. The Morgan fingerprint density at radius 1 is 1.30 bits per heavy atom. The molecule has 0 saturated heterocycles. The summed E-state index contributed by atoms with van der Waals surface area (Å²) in [5.41, 5.74) is 3.96. The first kappa shape index (κ1) is 8.02. The zero-order valence-electron chi connectivity index (χ0n) is 7.44. The van der Waals surface area contributed by atoms with Gasteiger partial charge in [0.05, 0.1) is 0 Å². The molecule has 0 unspecified atom stereocenters. The number of nitrogens with one attached hydrogen (secondary N) is 1. The van der Waals surface area contributed by atoms with E-state index in [9.17, 15) is 0 Å². The van der Waals surface area contributed by atoms with Gasteiger partial charge in [-0.2, -0.15) is 0 Å². The zero-order valence-corrected chi connectivity index (χ0v) is 7.44. The Morgan fingerprint density at radius 3 is 2.10 bits per heavy atom. The molecule has 0 aliphatic heterocycles. The maximum atomic E-state index is 3.37. The van der Waals surface area contributed by atoms with Crippen molar-refractivity contribution in [2.45, 2.75) is 32.7 Å². The molecule has 0 radical (unpaired) electrons. The molecule has 1 fully saturated rings. The van der Waals surface area contributed by atoms with Gasteiger partial charge in [-0.3, -0.25) is 10.4 Å². The fourth-order valence-corrected chi connectivity index (χ4v) is 1.73. The van der Waals surface area contributed by atoms with Gasteiger partial charge in [-0.05, 0) is 18.3 Å². The lowest BCUT2D eigenvalue weighted by Gasteiger charge is -2.44. The SMILES string of the molecule is CN(C)NC1CC(C)(C)C1. The van der Waals surface area contributed by atoms with E-state index in [2.05, 4.69) is 19.3 Å². The molecule has 0 aromatic heterocycles. The summed E-state index contributed by atoms with van der Waals surface area (Å²) in [5.74, 6) is 0. The molecular formula is C8H18N2. The highest BCUT2D eigenvalue weighted by atomic mass is 15.5. The largest absolute Gasteiger partial charge is 0.253 e. The fourth-order valence-electron chi connectivity index (χ4n) is 1.73. The lowest BCUT2D eigenvalue weighted by Crippen LogP contribution is -2.50. The van der Waals surface area contributed by atoms with E-state index in [0.29, 0.717) is 5.41 Å². The minimum absolute atomic E-state index is 0.591. The third-order valence-electron chi connectivity index (χ3n) is 2.04. The van der Waals surface area contributed by atoms with Crippen molar-refractivity contribution in [3.8, 4) is 0 Å². The van der Waals surface area contributed by atoms with Crippen LogP contribution in [0.1, 0.15) is 26.7 Å². The molecule has 2 nitrogen and oxygen atoms in total. The van der Waals surface area contributed by atoms with Gasteiger partial charge in [0.15, 0.2) is 0 Å². The smallest absolute Gasteiger partial charge is 0.0225 e. The van der Waals surface area contributed by atoms with Crippen LogP contribution < -0.4 is 5.43 Å². The molecule has 2 heteroatoms. The Kier molecular flexibility index (Phi) is 2.02. The van der Waals surface area contributed by atoms with Crippen LogP contribution in [-0.4, -0.2) is 25.1 Å². The highest BCUT2D eigenvalue weighted by Gasteiger charge is 2.35. The molecule has 1 aliphatic carbocycles. The predicted molar refractivity (Wildman–Crippen MR) is 43.6 cm³/mol. The second kappa shape index (κ2) is 2.51. The Hall–Kier alpha value is -0.0800. The Morgan fingerprint density at radius 2 is 1.80 bits per heavy atom. The van der Waals surface area contributed by atoms with Crippen molar-refractivity contribution in [3.05, 3.63) is 0 Å². The summed E-state index contributed by atoms with van der Waals surface area (Å²) in [5, 5.41) is 2.04. The molecule has 0 atom stereocenters. The number of hydrazine groups is 1. The van der Waals surface area contributed by atoms with Crippen LogP contribution in [0.25, 0.3) is 0 Å². The Labute approximate surface area is 63.6 Å². The van der Waals surface area contributed by atoms with Crippen LogP contribution in [0.3, 0.4) is 0 Å². The highest BCUT2D eigenvalue weighted by Crippen LogP contribution is 2.39. The number of nitrogens with zero attached hydrogens (tertiary/aromatic N) is 1. The van der Waals surface area contributed by atoms with Crippen molar-refractivity contribution >= 4 is 0 Å². The highest BCUT2D eigenvalue weighted by molar-refractivity contribution is 4.90. The minimum atomic E-state index is 0.591. The van der Waals surface area contributed by atoms with Gasteiger partial charge in [-0.1, -0.05) is 13.8 Å². The minimum Gasteiger partial charge on any atom is -0.253 e. The number of hydrogen-bond acceptors (Lipinski definition) is 2. The summed E-state index contributed by atoms with van der Waals surface area (Å²) in [6, 6.07) is 0.727. The topological polar surface area (TPSA) is 15.3 Å². The Bertz CT molecular complexity index is 108. The number of rotatable bonds is 2. The van der Waals surface area contributed by atoms with E-state index in [4.69, 9.17) is 0 Å². The van der Waals surface area contributed by atoms with Gasteiger partial charge in [0.25, 0.3) is 0 Å². The average Bonchev–Trinajstić information content (AvgIpc) is 1.57. The normalized spacial score (nSPS) is 24.9. The first-order chi connectivity index (χ1) is 4.49. The molecular weight excluding hydrogens is 124 g/mol. The molecule has 1 aliphatic rings. The van der Waals surface area contributed by atoms with E-state index in [0.717, 1.165) is 6.04 Å². The van der Waals surface area contributed by atoms with Crippen molar-refractivity contribution in [1.82, 2.24) is 10.4 Å². The predicted octanol–water partition coefficient (Wildman–Crippen LogP) is 1.24. The molecule has 0 amide bonds. The van der Waals surface area contributed by atoms with E-state index < -0.39 is 0 Å². The van der Waals surface area contributed by atoms with Crippen LogP contribution >= 0.6 is 0 Å². The Balaban J connectivity index is 2.15. The lowest BCUT2D eigenvalue weighted by atomic mass is 9.69. The molecule has 0 aromatic rings. The van der Waals surface area contributed by atoms with Crippen LogP contribution in [0.4, 0.5) is 0 Å². The molecule has 1 N–H and O–H groups in total. The van der Waals surface area contributed by atoms with Crippen LogP contribution in [0, 0.1) is 5.41 Å². The molecule has 0 heterocycles. The number of hydrogen-bond donors (Lipinski definition) is 1. The summed E-state index contributed by atoms with van der Waals surface area (Å²) in [4.78, 5) is 0. The van der Waals surface area contributed by atoms with Crippen molar-refractivity contribution in [1.29, 1.82) is 0 Å². The average molecular weight is 142 g/mol. The molecule has 1 rings (SSSR count). The first-order valence-corrected chi connectivity index (χ1v) is 3.93. The summed E-state index contributed by atoms with van der Waals surface area (Å²) in [6.45, 7) is 4.64. The van der Waals surface area contributed by atoms with Crippen molar-refractivity contribution < 1.29 is 0 Å². The maximum absolute atomic E-state index is 3.37. The van der Waals surface area contributed by atoms with Gasteiger partial charge in [0.2, 0.25) is 0 Å². The van der Waals surface area contributed by atoms with Crippen LogP contribution in [0.5, 0.6) is 0 Å². The molecule has 0 aromatic carbocycles. The van der Waals surface area contributed by atoms with Crippen molar-refractivity contribution in [2.75, 3.05) is 14.1 Å². The van der Waals surface area contributed by atoms with Crippen molar-refractivity contribution in [3.63, 3.8) is 0 Å².